The van der Waals surface area contributed by atoms with Gasteiger partial charge < -0.3 is 79.0 Å². The Labute approximate surface area is 493 Å². The van der Waals surface area contributed by atoms with Crippen LogP contribution in [0.25, 0.3) is 11.1 Å². The van der Waals surface area contributed by atoms with Crippen molar-refractivity contribution in [2.24, 2.45) is 0 Å². The van der Waals surface area contributed by atoms with Crippen molar-refractivity contribution < 1.29 is 92.8 Å². The maximum absolute atomic E-state index is 15.6. The van der Waals surface area contributed by atoms with E-state index in [1.807, 2.05) is 60.7 Å². The number of hydrogen-bond acceptors (Lipinski definition) is 19. The van der Waals surface area contributed by atoms with Gasteiger partial charge in [0.2, 0.25) is 0 Å². The monoisotopic (exact) mass is 1170 g/mol. The second-order valence-electron chi connectivity index (χ2n) is 21.6. The average Bonchev–Trinajstić information content (AvgIpc) is 0.765. The van der Waals surface area contributed by atoms with Crippen molar-refractivity contribution in [1.82, 2.24) is 5.32 Å². The maximum atomic E-state index is 15.6. The molecular formula is C66H63NO19. The van der Waals surface area contributed by atoms with E-state index in [0.717, 1.165) is 0 Å². The van der Waals surface area contributed by atoms with E-state index in [1.165, 1.54) is 52.3 Å². The Balaban J connectivity index is 1.10. The number of rotatable bonds is 16. The number of aliphatic hydroxyl groups excluding tert-OH is 6. The molecule has 0 spiro atoms. The molecule has 0 saturated carbocycles. The normalized spacial score (nSPS) is 24.4. The van der Waals surface area contributed by atoms with Crippen molar-refractivity contribution >= 4 is 23.4 Å². The van der Waals surface area contributed by atoms with Crippen LogP contribution in [0.15, 0.2) is 146 Å². The number of benzene rings is 7. The standard InChI is InChI=1S/C66H63NO19/c1-31-26-42-48(61(83-58(34-18-10-6-11-19-34)35-20-12-7-13-21-35)45(31)63(77)67-32(2)64(78)84-59(36-22-14-8-15-23-36)37-24-16-9-17-25-37)47-40(29-41-49(55(47)74)52(71)39-27-38(79-4)28-44(80-5)46(39)51(41)70)53(72)60(42)85-66-57(76)62(50(69)33(3)82-66)86-65-56(75)54(73)43(68)30-81-65/h6-29,32-33,43,50,53-54,56-60,62,65-66,68-69,72-76H,30H2,1-5H3,(H,67,77)/t32-,33-,43-,50+,53+,54+,56-,57-,60+,62+,65+,66+/m1/s1. The van der Waals surface area contributed by atoms with Crippen LogP contribution in [0, 0.1) is 6.92 Å². The lowest BCUT2D eigenvalue weighted by Crippen LogP contribution is -2.62. The minimum atomic E-state index is -1.97. The lowest BCUT2D eigenvalue weighted by molar-refractivity contribution is -0.353. The van der Waals surface area contributed by atoms with Gasteiger partial charge in [0.15, 0.2) is 30.3 Å². The van der Waals surface area contributed by atoms with Gasteiger partial charge in [0.25, 0.3) is 5.91 Å². The Morgan fingerprint density at radius 1 is 0.616 bits per heavy atom. The fourth-order valence-electron chi connectivity index (χ4n) is 11.6. The van der Waals surface area contributed by atoms with E-state index < -0.39 is 127 Å². The summed E-state index contributed by atoms with van der Waals surface area (Å²) in [6.45, 7) is 3.98. The van der Waals surface area contributed by atoms with Crippen LogP contribution in [0.3, 0.4) is 0 Å². The third-order valence-electron chi connectivity index (χ3n) is 16.1. The molecule has 20 heteroatoms. The Morgan fingerprint density at radius 2 is 1.17 bits per heavy atom. The fourth-order valence-corrected chi connectivity index (χ4v) is 11.6. The van der Waals surface area contributed by atoms with Crippen LogP contribution in [-0.2, 0) is 28.5 Å². The highest BCUT2D eigenvalue weighted by atomic mass is 16.7. The van der Waals surface area contributed by atoms with E-state index in [2.05, 4.69) is 5.32 Å². The summed E-state index contributed by atoms with van der Waals surface area (Å²) >= 11 is 0. The van der Waals surface area contributed by atoms with Crippen molar-refractivity contribution in [3.05, 3.63) is 212 Å². The molecular weight excluding hydrogens is 1110 g/mol. The lowest BCUT2D eigenvalue weighted by atomic mass is 9.74. The number of amides is 1. The molecule has 0 unspecified atom stereocenters. The summed E-state index contributed by atoms with van der Waals surface area (Å²) in [5.74, 6) is -4.23. The first-order valence-electron chi connectivity index (χ1n) is 27.9. The van der Waals surface area contributed by atoms with E-state index in [-0.39, 0.29) is 67.3 Å². The second kappa shape index (κ2) is 24.5. The summed E-state index contributed by atoms with van der Waals surface area (Å²) in [6, 6.07) is 40.2. The molecule has 86 heavy (non-hydrogen) atoms. The number of aliphatic hydroxyl groups is 6. The van der Waals surface area contributed by atoms with E-state index in [4.69, 9.17) is 37.9 Å². The van der Waals surface area contributed by atoms with Crippen LogP contribution in [-0.4, -0.2) is 141 Å². The largest absolute Gasteiger partial charge is 0.506 e. The summed E-state index contributed by atoms with van der Waals surface area (Å²) in [5, 5.41) is 84.0. The zero-order valence-electron chi connectivity index (χ0n) is 47.2. The molecule has 4 aliphatic rings. The van der Waals surface area contributed by atoms with Gasteiger partial charge in [-0.25, -0.2) is 4.79 Å². The van der Waals surface area contributed by atoms with Crippen molar-refractivity contribution in [2.45, 2.75) is 107 Å². The Bertz CT molecular complexity index is 3600. The van der Waals surface area contributed by atoms with Crippen LogP contribution in [0.5, 0.6) is 23.0 Å². The first-order valence-corrected chi connectivity index (χ1v) is 27.9. The number of carbonyl (C=O) groups excluding carboxylic acids is 4. The second-order valence-corrected chi connectivity index (χ2v) is 21.6. The molecule has 7 aromatic rings. The predicted molar refractivity (Wildman–Crippen MR) is 306 cm³/mol. The molecule has 1 amide bonds. The third kappa shape index (κ3) is 10.9. The quantitative estimate of drug-likeness (QED) is 0.0501. The molecule has 2 saturated heterocycles. The number of aromatic hydroxyl groups is 1. The highest BCUT2D eigenvalue weighted by Crippen LogP contribution is 2.58. The van der Waals surface area contributed by atoms with Crippen LogP contribution in [0.2, 0.25) is 0 Å². The molecule has 12 atom stereocenters. The number of phenols is 1. The van der Waals surface area contributed by atoms with Crippen LogP contribution >= 0.6 is 0 Å². The zero-order chi connectivity index (χ0) is 60.8. The highest BCUT2D eigenvalue weighted by molar-refractivity contribution is 6.31. The molecule has 2 fully saturated rings. The van der Waals surface area contributed by atoms with Gasteiger partial charge in [-0.05, 0) is 71.8 Å². The molecule has 20 nitrogen and oxygen atoms in total. The molecule has 7 aromatic carbocycles. The van der Waals surface area contributed by atoms with E-state index in [1.54, 1.807) is 67.6 Å². The van der Waals surface area contributed by atoms with Gasteiger partial charge in [0.1, 0.15) is 84.0 Å². The van der Waals surface area contributed by atoms with E-state index in [0.29, 0.717) is 22.3 Å². The van der Waals surface area contributed by atoms with E-state index in [9.17, 15) is 45.3 Å². The summed E-state index contributed by atoms with van der Waals surface area (Å²) in [7, 11) is 2.66. The number of nitrogens with one attached hydrogen (secondary N) is 1. The number of ketones is 2. The number of carbonyl (C=O) groups is 4. The lowest BCUT2D eigenvalue weighted by Gasteiger charge is -2.46. The highest BCUT2D eigenvalue weighted by Gasteiger charge is 2.52. The van der Waals surface area contributed by atoms with Gasteiger partial charge in [0, 0.05) is 28.3 Å². The first-order chi connectivity index (χ1) is 41.4. The number of hydrogen-bond donors (Lipinski definition) is 8. The van der Waals surface area contributed by atoms with Gasteiger partial charge in [-0.2, -0.15) is 0 Å². The van der Waals surface area contributed by atoms with Gasteiger partial charge >= 0.3 is 5.97 Å². The fraction of sp³-hybridized carbons (Fsp3) is 0.303. The third-order valence-corrected chi connectivity index (χ3v) is 16.1. The predicted octanol–water partition coefficient (Wildman–Crippen LogP) is 6.18. The molecule has 0 aromatic heterocycles. The first kappa shape index (κ1) is 59.4. The number of phenolic OH excluding ortho intramolecular Hbond substituents is 1. The minimum Gasteiger partial charge on any atom is -0.506 e. The van der Waals surface area contributed by atoms with Gasteiger partial charge in [-0.3, -0.25) is 14.4 Å². The Kier molecular flexibility index (Phi) is 16.9. The number of ether oxygens (including phenoxy) is 8. The van der Waals surface area contributed by atoms with E-state index >= 15 is 9.59 Å². The van der Waals surface area contributed by atoms with Gasteiger partial charge in [-0.1, -0.05) is 127 Å². The average molecular weight is 1170 g/mol. The Morgan fingerprint density at radius 3 is 1.74 bits per heavy atom. The number of methoxy groups -OCH3 is 2. The van der Waals surface area contributed by atoms with Crippen molar-refractivity contribution in [3.63, 3.8) is 0 Å². The van der Waals surface area contributed by atoms with Crippen molar-refractivity contribution in [1.29, 1.82) is 0 Å². The van der Waals surface area contributed by atoms with Gasteiger partial charge in [0.05, 0.1) is 43.6 Å². The topological polar surface area (TPSA) is 296 Å². The summed E-state index contributed by atoms with van der Waals surface area (Å²) in [6.07, 6.45) is -20.6. The van der Waals surface area contributed by atoms with Gasteiger partial charge in [-0.15, -0.1) is 0 Å². The molecule has 2 aliphatic carbocycles. The van der Waals surface area contributed by atoms with Crippen LogP contribution in [0.4, 0.5) is 0 Å². The molecule has 2 heterocycles. The number of aryl methyl sites for hydroxylation is 1. The molecule has 8 N–H and O–H groups in total. The smallest absolute Gasteiger partial charge is 0.329 e. The summed E-state index contributed by atoms with van der Waals surface area (Å²) in [5.41, 5.74) is 0.644. The van der Waals surface area contributed by atoms with Crippen molar-refractivity contribution in [3.8, 4) is 34.1 Å². The maximum Gasteiger partial charge on any atom is 0.329 e. The summed E-state index contributed by atoms with van der Waals surface area (Å²) < 4.78 is 48.8. The SMILES string of the molecule is COc1cc(OC)c2c(c1)C(=O)c1c(cc3c(c1O)-c1c(cc(C)c(C(=O)N[C@H](C)C(=O)OC(c4ccccc4)c4ccccc4)c1OC(c1ccccc1)c1ccccc1)[C@H](O[C@@H]1O[C@H](C)[C@H](O)[C@H](O[C@@H]4OC[C@@H](O)[C@H](O)[C@H]4O)[C@H]1O)[C@H]3O)C2=O. The van der Waals surface area contributed by atoms with Crippen LogP contribution in [0.1, 0.15) is 119 Å². The molecule has 446 valence electrons. The molecule has 11 rings (SSSR count). The number of esters is 1. The molecule has 0 bridgehead atoms. The number of fused-ring (bicyclic) bond motifs is 5. The van der Waals surface area contributed by atoms with Crippen molar-refractivity contribution in [2.75, 3.05) is 20.8 Å². The zero-order valence-corrected chi connectivity index (χ0v) is 47.2. The summed E-state index contributed by atoms with van der Waals surface area (Å²) in [4.78, 5) is 60.0. The molecule has 2 aliphatic heterocycles. The van der Waals surface area contributed by atoms with Crippen LogP contribution < -0.4 is 19.5 Å². The molecule has 0 radical (unpaired) electrons. The Hall–Kier alpha value is -8.38. The minimum absolute atomic E-state index is 0.0151.